The highest BCUT2D eigenvalue weighted by Crippen LogP contribution is 2.50. The van der Waals surface area contributed by atoms with Gasteiger partial charge in [-0.3, -0.25) is 57.5 Å². The second-order valence-corrected chi connectivity index (χ2v) is 37.4. The Hall–Kier alpha value is -11.4. The van der Waals surface area contributed by atoms with Crippen molar-refractivity contribution in [3.05, 3.63) is 117 Å². The van der Waals surface area contributed by atoms with E-state index in [0.29, 0.717) is 38.6 Å². The minimum Gasteiger partial charge on any atom is -0.508 e. The molecule has 45 heteroatoms. The van der Waals surface area contributed by atoms with Crippen LogP contribution in [-0.4, -0.2) is 247 Å². The number of rotatable bonds is 41. The summed E-state index contributed by atoms with van der Waals surface area (Å²) in [5, 5.41) is 134. The fraction of sp³-hybridized carbons (Fsp3) is 0.558. The van der Waals surface area contributed by atoms with E-state index < -0.39 is 273 Å². The number of ether oxygens (including phenoxy) is 6. The minimum absolute atomic E-state index is 0.0183. The van der Waals surface area contributed by atoms with E-state index in [1.54, 1.807) is 0 Å². The van der Waals surface area contributed by atoms with Crippen LogP contribution in [-0.2, 0) is 71.7 Å². The van der Waals surface area contributed by atoms with Gasteiger partial charge in [-0.05, 0) is 193 Å². The summed E-state index contributed by atoms with van der Waals surface area (Å²) in [5.74, 6) is -18.4. The Labute approximate surface area is 818 Å². The van der Waals surface area contributed by atoms with E-state index in [2.05, 4.69) is 65.4 Å². The molecule has 7 heterocycles. The summed E-state index contributed by atoms with van der Waals surface area (Å²) in [6, 6.07) is -4.36. The molecule has 2 saturated heterocycles. The summed E-state index contributed by atoms with van der Waals surface area (Å²) in [4.78, 5) is 177. The predicted molar refractivity (Wildman–Crippen MR) is 507 cm³/mol. The number of phenols is 3. The molecule has 12 rings (SSSR count). The Morgan fingerprint density at radius 3 is 1.75 bits per heavy atom. The molecule has 0 aromatic heterocycles. The fourth-order valence-corrected chi connectivity index (χ4v) is 17.8. The lowest BCUT2D eigenvalue weighted by atomic mass is 9.86. The fourth-order valence-electron chi connectivity index (χ4n) is 17.3. The number of likely N-dealkylation sites (N-methyl/N-ethyl adjacent to an activating group) is 1. The number of amides is 12. The molecule has 1 unspecified atom stereocenters. The molecule has 7 aliphatic heterocycles. The van der Waals surface area contributed by atoms with Crippen LogP contribution in [0.15, 0.2) is 78.9 Å². The Bertz CT molecular complexity index is 5220. The molecule has 11 bridgehead atoms. The number of aliphatic hydroxyl groups excluding tert-OH is 6. The monoisotopic (exact) mass is 2000 g/mol. The normalized spacial score (nSPS) is 25.1. The second-order valence-electron chi connectivity index (χ2n) is 36.6. The molecular weight excluding hydrogens is 1870 g/mol. The average Bonchev–Trinajstić information content (AvgIpc) is 0.624. The number of aliphatic hydroxyl groups is 6. The highest BCUT2D eigenvalue weighted by atomic mass is 35.5. The van der Waals surface area contributed by atoms with Gasteiger partial charge in [0, 0.05) is 42.1 Å². The van der Waals surface area contributed by atoms with E-state index in [0.717, 1.165) is 112 Å². The highest BCUT2D eigenvalue weighted by molar-refractivity contribution is 6.32. The van der Waals surface area contributed by atoms with Crippen LogP contribution >= 0.6 is 23.2 Å². The molecule has 0 spiro atoms. The van der Waals surface area contributed by atoms with Crippen molar-refractivity contribution >= 4 is 94.1 Å². The first-order valence-electron chi connectivity index (χ1n) is 47.2. The first kappa shape index (κ1) is 111. The predicted octanol–water partition coefficient (Wildman–Crippen LogP) is 2.04. The van der Waals surface area contributed by atoms with Crippen molar-refractivity contribution in [2.45, 2.75) is 297 Å². The number of aromatic hydroxyl groups is 3. The lowest BCUT2D eigenvalue weighted by Gasteiger charge is -2.47. The molecule has 7 aliphatic rings. The van der Waals surface area contributed by atoms with Crippen LogP contribution < -0.4 is 101 Å². The maximum absolute atomic E-state index is 16.4. The molecular formula is C95H132Cl2N16O27. The number of halogens is 2. The zero-order valence-electron chi connectivity index (χ0n) is 78.8. The van der Waals surface area contributed by atoms with Gasteiger partial charge < -0.3 is 162 Å². The summed E-state index contributed by atoms with van der Waals surface area (Å²) < 4.78 is 38.8. The van der Waals surface area contributed by atoms with Crippen LogP contribution in [0, 0.1) is 5.92 Å². The maximum Gasteiger partial charge on any atom is 0.248 e. The van der Waals surface area contributed by atoms with Gasteiger partial charge in [0.1, 0.15) is 114 Å². The van der Waals surface area contributed by atoms with Crippen LogP contribution in [0.25, 0.3) is 11.1 Å². The van der Waals surface area contributed by atoms with Gasteiger partial charge in [-0.2, -0.15) is 0 Å². The van der Waals surface area contributed by atoms with Crippen LogP contribution in [0.2, 0.25) is 10.0 Å². The van der Waals surface area contributed by atoms with E-state index >= 15 is 28.8 Å². The third kappa shape index (κ3) is 29.0. The molecule has 43 nitrogen and oxygen atoms in total. The van der Waals surface area contributed by atoms with Crippen LogP contribution in [0.1, 0.15) is 228 Å². The largest absolute Gasteiger partial charge is 0.508 e. The lowest BCUT2D eigenvalue weighted by molar-refractivity contribution is -0.333. The molecule has 768 valence electrons. The van der Waals surface area contributed by atoms with Crippen LogP contribution in [0.4, 0.5) is 0 Å². The molecule has 0 aliphatic carbocycles. The van der Waals surface area contributed by atoms with E-state index in [1.165, 1.54) is 33.0 Å². The summed E-state index contributed by atoms with van der Waals surface area (Å²) in [6.07, 6.45) is -8.89. The Morgan fingerprint density at radius 1 is 0.593 bits per heavy atom. The maximum atomic E-state index is 16.4. The third-order valence-electron chi connectivity index (χ3n) is 25.1. The molecule has 12 amide bonds. The van der Waals surface area contributed by atoms with Gasteiger partial charge in [0.15, 0.2) is 23.9 Å². The number of carbonyl (C=O) groups is 12. The number of benzene rings is 5. The van der Waals surface area contributed by atoms with E-state index in [4.69, 9.17) is 80.3 Å². The quantitative estimate of drug-likeness (QED) is 0.0249. The molecule has 140 heavy (non-hydrogen) atoms. The number of hydrogen-bond acceptors (Lipinski definition) is 31. The topological polar surface area (TPSA) is 705 Å². The minimum atomic E-state index is -2.40. The van der Waals surface area contributed by atoms with Gasteiger partial charge in [0.2, 0.25) is 82.9 Å². The molecule has 0 radical (unpaired) electrons. The molecule has 5 aromatic rings. The van der Waals surface area contributed by atoms with Gasteiger partial charge in [-0.1, -0.05) is 107 Å². The Kier molecular flexibility index (Phi) is 40.5. The van der Waals surface area contributed by atoms with Gasteiger partial charge in [0.25, 0.3) is 0 Å². The van der Waals surface area contributed by atoms with Crippen molar-refractivity contribution in [2.24, 2.45) is 34.6 Å². The van der Waals surface area contributed by atoms with Crippen molar-refractivity contribution < 1.29 is 132 Å². The van der Waals surface area contributed by atoms with E-state index in [1.807, 2.05) is 13.8 Å². The summed E-state index contributed by atoms with van der Waals surface area (Å²) >= 11 is 14.4. The number of hydrogen-bond donors (Lipinski definition) is 25. The van der Waals surface area contributed by atoms with Crippen molar-refractivity contribution in [3.63, 3.8) is 0 Å². The molecule has 30 N–H and O–H groups in total. The number of phenolic OH excluding ortho intramolecular Hbond substituents is 3. The number of fused-ring (bicyclic) bond motifs is 15. The first-order chi connectivity index (χ1) is 66.6. The van der Waals surface area contributed by atoms with Gasteiger partial charge in [-0.15, -0.1) is 0 Å². The zero-order chi connectivity index (χ0) is 102. The molecule has 2 fully saturated rings. The summed E-state index contributed by atoms with van der Waals surface area (Å²) in [6.45, 7) is 8.01. The first-order valence-corrected chi connectivity index (χ1v) is 47.9. The van der Waals surface area contributed by atoms with Gasteiger partial charge in [-0.25, -0.2) is 0 Å². The van der Waals surface area contributed by atoms with Crippen LogP contribution in [0.3, 0.4) is 0 Å². The number of unbranched alkanes of at least 4 members (excludes halogenated alkanes) is 10. The number of carbonyl (C=O) groups excluding carboxylic acids is 12. The molecule has 21 atom stereocenters. The lowest BCUT2D eigenvalue weighted by Crippen LogP contribution is -2.64. The summed E-state index contributed by atoms with van der Waals surface area (Å²) in [7, 11) is 1.47. The molecule has 5 aromatic carbocycles. The van der Waals surface area contributed by atoms with Crippen LogP contribution in [0.5, 0.6) is 46.0 Å². The third-order valence-corrected chi connectivity index (χ3v) is 25.7. The van der Waals surface area contributed by atoms with Crippen molar-refractivity contribution in [3.8, 4) is 57.1 Å². The van der Waals surface area contributed by atoms with Gasteiger partial charge >= 0.3 is 0 Å². The number of nitrogens with two attached hydrogens (primary N) is 5. The highest BCUT2D eigenvalue weighted by Gasteiger charge is 2.52. The second kappa shape index (κ2) is 51.3. The van der Waals surface area contributed by atoms with Crippen molar-refractivity contribution in [1.29, 1.82) is 0 Å². The number of nitrogens with one attached hydrogen (secondary N) is 11. The summed E-state index contributed by atoms with van der Waals surface area (Å²) in [5.41, 5.74) is 25.7. The smallest absolute Gasteiger partial charge is 0.248 e. The molecule has 0 saturated carbocycles. The standard InChI is InChI=1S/C95H132Cl2N16O27/c1-7-8-9-10-11-12-13-14-24-69(119)105-57(22-15-18-31-98)85(126)107-58(23-16-19-32-99)86(127)106-56(84(101)125)21-17-20-33-104-89(130)74-53-40-51(115)41-62(117)71(53)52-35-47(25-28-61(52)116)72-90(131)113-76(93(134)111-74)78(121)49-27-30-64(55(97)37-49)137-66-39-50-38-65(81(66)140-94-82(80(123)79(122)67(44-114)138-94)139-70-43-95(5,102)83(124)46(4)135-70)136-63-29-26-48(36-54(63)96)77(120)75(112-87(128)59(103-6)34-45(2)3)92(133)108-60(42-68(100)118)88(129)109-73(50)91(132)110-72/h25-30,35-41,45-46,56-60,67,70,72-80,82-83,94,103,114-117,120-124H,7-24,31-34,42-44,98-99,102H2,1-6H3,(H2,100,118)(H2,101,125)(H,104,130)(H,105,119)(H,106,127)(H,107,126)(H,108,133)(H,109,129)(H,110,132)(H,111,134)(H,112,128)(H,113,131)/t46-,56?,57-,58-,59+,60-,67+,70-,72+,73+,74-,75+,76-,77+,78+,79+,80-,82+,83+,94-,95-/m0/s1. The van der Waals surface area contributed by atoms with Crippen molar-refractivity contribution in [1.82, 2.24) is 58.5 Å². The average molecular weight is 2000 g/mol. The van der Waals surface area contributed by atoms with E-state index in [9.17, 15) is 74.7 Å². The van der Waals surface area contributed by atoms with Crippen molar-refractivity contribution in [2.75, 3.05) is 33.3 Å². The zero-order valence-corrected chi connectivity index (χ0v) is 80.3. The SMILES string of the molecule is CCCCCCCCCCC(=O)N[C@@H](CCCCN)C(=O)N[C@@H](CCCCN)C(=O)NC(CCCCNC(=O)[C@H]1NC(=O)[C@H]2NC(=O)[C@H](NC(=O)[C@@H]3NC(=O)[C@H](CC(N)=O)NC(=O)[C@H](NC(=O)[C@@H](CC(C)C)NC)[C@H](O)c4ccc(c(Cl)c4)Oc4cc3cc(c4O[C@@H]3O[C@H](CO)[C@@H](O)[C@H](O)[C@H]3O[C@H]3C[C@](C)(N)[C@H](O)[C@H](C)O3)Oc3ccc(cc3Cl)[C@H]2O)c2ccc(O)c(c2)-c2c(O)cc(O)cc21)C(N)=O. The Morgan fingerprint density at radius 2 is 1.16 bits per heavy atom. The number of primary amides is 2. The van der Waals surface area contributed by atoms with E-state index in [-0.39, 0.29) is 104 Å². The van der Waals surface area contributed by atoms with Gasteiger partial charge in [0.05, 0.1) is 41.3 Å². The Balaban J connectivity index is 1.05.